The van der Waals surface area contributed by atoms with E-state index in [1.54, 1.807) is 0 Å². The second kappa shape index (κ2) is 4.22. The minimum atomic E-state index is 0.589. The van der Waals surface area contributed by atoms with Crippen molar-refractivity contribution in [2.45, 2.75) is 31.8 Å². The molecular formula is C14H21N3. The summed E-state index contributed by atoms with van der Waals surface area (Å²) in [5, 5.41) is 0. The molecule has 0 aliphatic carbocycles. The van der Waals surface area contributed by atoms with Gasteiger partial charge >= 0.3 is 0 Å². The maximum atomic E-state index is 5.88. The van der Waals surface area contributed by atoms with Crippen LogP contribution in [0, 0.1) is 0 Å². The van der Waals surface area contributed by atoms with E-state index in [9.17, 15) is 0 Å². The average molecular weight is 231 g/mol. The van der Waals surface area contributed by atoms with E-state index >= 15 is 0 Å². The highest BCUT2D eigenvalue weighted by Gasteiger charge is 2.34. The molecule has 0 spiro atoms. The van der Waals surface area contributed by atoms with E-state index in [2.05, 4.69) is 34.9 Å². The zero-order valence-corrected chi connectivity index (χ0v) is 10.5. The van der Waals surface area contributed by atoms with Gasteiger partial charge in [-0.3, -0.25) is 4.90 Å². The number of anilines is 2. The molecule has 0 aromatic heterocycles. The lowest BCUT2D eigenvalue weighted by atomic mass is 10.1. The maximum Gasteiger partial charge on any atom is 0.0390 e. The quantitative estimate of drug-likeness (QED) is 0.750. The number of rotatable bonds is 1. The van der Waals surface area contributed by atoms with Crippen molar-refractivity contribution in [3.8, 4) is 0 Å². The Kier molecular flexibility index (Phi) is 2.71. The SMILES string of the molecule is CC1CN2CCCC2CN1c1cccc(N)c1. The lowest BCUT2D eigenvalue weighted by Crippen LogP contribution is -2.55. The van der Waals surface area contributed by atoms with Crippen LogP contribution in [-0.2, 0) is 0 Å². The van der Waals surface area contributed by atoms with Crippen LogP contribution < -0.4 is 10.6 Å². The van der Waals surface area contributed by atoms with E-state index in [1.807, 2.05) is 6.07 Å². The Morgan fingerprint density at radius 2 is 2.18 bits per heavy atom. The highest BCUT2D eigenvalue weighted by Crippen LogP contribution is 2.29. The molecule has 2 saturated heterocycles. The molecule has 0 amide bonds. The Labute approximate surface area is 103 Å². The van der Waals surface area contributed by atoms with Crippen LogP contribution in [0.5, 0.6) is 0 Å². The predicted molar refractivity (Wildman–Crippen MR) is 72.3 cm³/mol. The summed E-state index contributed by atoms with van der Waals surface area (Å²) >= 11 is 0. The zero-order valence-electron chi connectivity index (χ0n) is 10.5. The number of nitrogens with two attached hydrogens (primary N) is 1. The van der Waals surface area contributed by atoms with Gasteiger partial charge in [0.25, 0.3) is 0 Å². The van der Waals surface area contributed by atoms with Gasteiger partial charge in [0.1, 0.15) is 0 Å². The van der Waals surface area contributed by atoms with Crippen LogP contribution in [0.3, 0.4) is 0 Å². The lowest BCUT2D eigenvalue weighted by Gasteiger charge is -2.43. The van der Waals surface area contributed by atoms with E-state index in [4.69, 9.17) is 5.73 Å². The normalized spacial score (nSPS) is 29.4. The Morgan fingerprint density at radius 3 is 3.00 bits per heavy atom. The Hall–Kier alpha value is -1.22. The highest BCUT2D eigenvalue weighted by atomic mass is 15.3. The molecule has 2 N–H and O–H groups in total. The molecule has 0 saturated carbocycles. The van der Waals surface area contributed by atoms with Crippen molar-refractivity contribution in [3.05, 3.63) is 24.3 Å². The first-order chi connectivity index (χ1) is 8.24. The topological polar surface area (TPSA) is 32.5 Å². The van der Waals surface area contributed by atoms with Crippen LogP contribution in [0.25, 0.3) is 0 Å². The Morgan fingerprint density at radius 1 is 1.29 bits per heavy atom. The van der Waals surface area contributed by atoms with Gasteiger partial charge in [0, 0.05) is 36.5 Å². The predicted octanol–water partition coefficient (Wildman–Crippen LogP) is 1.94. The molecule has 3 nitrogen and oxygen atoms in total. The van der Waals surface area contributed by atoms with E-state index in [-0.39, 0.29) is 0 Å². The maximum absolute atomic E-state index is 5.88. The molecule has 3 heteroatoms. The van der Waals surface area contributed by atoms with Crippen molar-refractivity contribution in [1.82, 2.24) is 4.90 Å². The molecule has 2 aliphatic heterocycles. The molecule has 2 fully saturated rings. The second-order valence-corrected chi connectivity index (χ2v) is 5.39. The van der Waals surface area contributed by atoms with Crippen molar-refractivity contribution < 1.29 is 0 Å². The number of piperazine rings is 1. The molecule has 2 atom stereocenters. The van der Waals surface area contributed by atoms with Gasteiger partial charge < -0.3 is 10.6 Å². The van der Waals surface area contributed by atoms with Gasteiger partial charge in [0.05, 0.1) is 0 Å². The van der Waals surface area contributed by atoms with Gasteiger partial charge in [-0.1, -0.05) is 6.07 Å². The summed E-state index contributed by atoms with van der Waals surface area (Å²) in [6.07, 6.45) is 2.72. The number of benzene rings is 1. The third kappa shape index (κ3) is 2.00. The van der Waals surface area contributed by atoms with Crippen LogP contribution in [0.4, 0.5) is 11.4 Å². The van der Waals surface area contributed by atoms with E-state index in [0.29, 0.717) is 6.04 Å². The third-order valence-electron chi connectivity index (χ3n) is 4.14. The van der Waals surface area contributed by atoms with Crippen LogP contribution in [0.1, 0.15) is 19.8 Å². The molecule has 2 aliphatic rings. The second-order valence-electron chi connectivity index (χ2n) is 5.39. The zero-order chi connectivity index (χ0) is 11.8. The molecule has 2 unspecified atom stereocenters. The van der Waals surface area contributed by atoms with Crippen molar-refractivity contribution in [1.29, 1.82) is 0 Å². The van der Waals surface area contributed by atoms with Gasteiger partial charge in [0.2, 0.25) is 0 Å². The first-order valence-electron chi connectivity index (χ1n) is 6.60. The minimum absolute atomic E-state index is 0.589. The molecule has 92 valence electrons. The number of hydrogen-bond acceptors (Lipinski definition) is 3. The fraction of sp³-hybridized carbons (Fsp3) is 0.571. The number of nitrogens with zero attached hydrogens (tertiary/aromatic N) is 2. The summed E-state index contributed by atoms with van der Waals surface area (Å²) < 4.78 is 0. The van der Waals surface area contributed by atoms with Gasteiger partial charge in [0.15, 0.2) is 0 Å². The van der Waals surface area contributed by atoms with Crippen LogP contribution >= 0.6 is 0 Å². The highest BCUT2D eigenvalue weighted by molar-refractivity contribution is 5.57. The summed E-state index contributed by atoms with van der Waals surface area (Å²) in [7, 11) is 0. The molecular weight excluding hydrogens is 210 g/mol. The third-order valence-corrected chi connectivity index (χ3v) is 4.14. The van der Waals surface area contributed by atoms with Gasteiger partial charge in [-0.15, -0.1) is 0 Å². The summed E-state index contributed by atoms with van der Waals surface area (Å²) in [5.41, 5.74) is 8.03. The lowest BCUT2D eigenvalue weighted by molar-refractivity contribution is 0.203. The average Bonchev–Trinajstić information content (AvgIpc) is 2.75. The van der Waals surface area contributed by atoms with Crippen molar-refractivity contribution in [3.63, 3.8) is 0 Å². The van der Waals surface area contributed by atoms with Crippen molar-refractivity contribution in [2.75, 3.05) is 30.3 Å². The fourth-order valence-corrected chi connectivity index (χ4v) is 3.25. The molecule has 1 aromatic carbocycles. The smallest absolute Gasteiger partial charge is 0.0390 e. The molecule has 0 radical (unpaired) electrons. The summed E-state index contributed by atoms with van der Waals surface area (Å²) in [6, 6.07) is 9.63. The van der Waals surface area contributed by atoms with Gasteiger partial charge in [-0.2, -0.15) is 0 Å². The first kappa shape index (κ1) is 10.9. The minimum Gasteiger partial charge on any atom is -0.399 e. The fourth-order valence-electron chi connectivity index (χ4n) is 3.25. The van der Waals surface area contributed by atoms with Crippen LogP contribution in [-0.4, -0.2) is 36.6 Å². The molecule has 1 aromatic rings. The van der Waals surface area contributed by atoms with Crippen molar-refractivity contribution >= 4 is 11.4 Å². The van der Waals surface area contributed by atoms with Crippen LogP contribution in [0.2, 0.25) is 0 Å². The summed E-state index contributed by atoms with van der Waals surface area (Å²) in [5.74, 6) is 0. The van der Waals surface area contributed by atoms with Crippen LogP contribution in [0.15, 0.2) is 24.3 Å². The molecule has 3 rings (SSSR count). The summed E-state index contributed by atoms with van der Waals surface area (Å²) in [6.45, 7) is 5.96. The first-order valence-corrected chi connectivity index (χ1v) is 6.60. The molecule has 2 heterocycles. The molecule has 17 heavy (non-hydrogen) atoms. The molecule has 0 bridgehead atoms. The largest absolute Gasteiger partial charge is 0.399 e. The number of fused-ring (bicyclic) bond motifs is 1. The summed E-state index contributed by atoms with van der Waals surface area (Å²) in [4.78, 5) is 5.16. The number of hydrogen-bond donors (Lipinski definition) is 1. The van der Waals surface area contributed by atoms with Gasteiger partial charge in [-0.25, -0.2) is 0 Å². The van der Waals surface area contributed by atoms with E-state index in [0.717, 1.165) is 18.3 Å². The standard InChI is InChI=1S/C14H21N3/c1-11-9-16-7-3-6-14(16)10-17(11)13-5-2-4-12(15)8-13/h2,4-5,8,11,14H,3,6-7,9-10,15H2,1H3. The van der Waals surface area contributed by atoms with Gasteiger partial charge in [-0.05, 0) is 44.5 Å². The Balaban J connectivity index is 1.83. The van der Waals surface area contributed by atoms with E-state index in [1.165, 1.54) is 31.6 Å². The monoisotopic (exact) mass is 231 g/mol. The Bertz CT molecular complexity index is 404. The number of nitrogen functional groups attached to an aromatic ring is 1. The van der Waals surface area contributed by atoms with Crippen molar-refractivity contribution in [2.24, 2.45) is 0 Å². The van der Waals surface area contributed by atoms with E-state index < -0.39 is 0 Å².